The van der Waals surface area contributed by atoms with Crippen LogP contribution < -0.4 is 5.32 Å². The van der Waals surface area contributed by atoms with Gasteiger partial charge in [0, 0.05) is 6.54 Å². The first-order valence-electron chi connectivity index (χ1n) is 5.11. The maximum absolute atomic E-state index is 12.8. The molecule has 0 heterocycles. The molecule has 18 heavy (non-hydrogen) atoms. The number of halogens is 3. The fourth-order valence-electron chi connectivity index (χ4n) is 1.54. The van der Waals surface area contributed by atoms with Gasteiger partial charge < -0.3 is 5.11 Å². The Morgan fingerprint density at radius 3 is 2.56 bits per heavy atom. The van der Waals surface area contributed by atoms with Crippen molar-refractivity contribution in [2.24, 2.45) is 0 Å². The Morgan fingerprint density at radius 1 is 1.44 bits per heavy atom. The summed E-state index contributed by atoms with van der Waals surface area (Å²) in [4.78, 5) is 11.0. The third kappa shape index (κ3) is 3.33. The van der Waals surface area contributed by atoms with Crippen LogP contribution in [0.4, 0.5) is 13.2 Å². The second kappa shape index (κ2) is 5.68. The van der Waals surface area contributed by atoms with Gasteiger partial charge in [-0.05, 0) is 11.6 Å². The van der Waals surface area contributed by atoms with E-state index in [1.807, 2.05) is 0 Å². The van der Waals surface area contributed by atoms with Crippen LogP contribution in [-0.2, 0) is 11.0 Å². The summed E-state index contributed by atoms with van der Waals surface area (Å²) < 4.78 is 38.3. The number of alkyl halides is 3. The number of carbonyl (C=O) groups is 1. The van der Waals surface area contributed by atoms with Crippen LogP contribution in [-0.4, -0.2) is 17.6 Å². The zero-order valence-electron chi connectivity index (χ0n) is 9.37. The molecular weight excluding hydrogens is 247 g/mol. The van der Waals surface area contributed by atoms with Gasteiger partial charge >= 0.3 is 12.1 Å². The van der Waals surface area contributed by atoms with E-state index in [9.17, 15) is 18.0 Å². The molecule has 1 aromatic rings. The van der Waals surface area contributed by atoms with Crippen LogP contribution in [0.2, 0.25) is 0 Å². The van der Waals surface area contributed by atoms with Crippen molar-refractivity contribution in [3.63, 3.8) is 0 Å². The molecule has 0 fully saturated rings. The molecule has 1 rings (SSSR count). The molecule has 0 aliphatic carbocycles. The third-order valence-electron chi connectivity index (χ3n) is 2.29. The number of aliphatic carboxylic acids is 1. The van der Waals surface area contributed by atoms with Crippen molar-refractivity contribution in [1.82, 2.24) is 5.32 Å². The Kier molecular flexibility index (Phi) is 4.49. The Balaban J connectivity index is 3.19. The molecule has 1 aromatic carbocycles. The Morgan fingerprint density at radius 2 is 2.06 bits per heavy atom. The molecule has 0 radical (unpaired) electrons. The van der Waals surface area contributed by atoms with Gasteiger partial charge in [-0.25, -0.2) is 0 Å². The van der Waals surface area contributed by atoms with Crippen LogP contribution in [0.5, 0.6) is 0 Å². The minimum absolute atomic E-state index is 0.100. The Labute approximate surface area is 102 Å². The number of carboxylic acid groups (broad SMARTS) is 1. The predicted molar refractivity (Wildman–Crippen MR) is 60.0 cm³/mol. The van der Waals surface area contributed by atoms with Crippen molar-refractivity contribution in [3.05, 3.63) is 48.0 Å². The summed E-state index contributed by atoms with van der Waals surface area (Å²) in [5, 5.41) is 11.5. The van der Waals surface area contributed by atoms with Crippen LogP contribution in [0.3, 0.4) is 0 Å². The highest BCUT2D eigenvalue weighted by molar-refractivity contribution is 5.76. The smallest absolute Gasteiger partial charge is 0.416 e. The molecule has 0 saturated heterocycles. The van der Waals surface area contributed by atoms with Crippen molar-refractivity contribution in [3.8, 4) is 0 Å². The van der Waals surface area contributed by atoms with Crippen molar-refractivity contribution < 1.29 is 23.1 Å². The van der Waals surface area contributed by atoms with Gasteiger partial charge in [-0.15, -0.1) is 6.58 Å². The van der Waals surface area contributed by atoms with Gasteiger partial charge in [0.1, 0.15) is 6.04 Å². The van der Waals surface area contributed by atoms with Crippen LogP contribution in [0, 0.1) is 0 Å². The quantitative estimate of drug-likeness (QED) is 0.799. The lowest BCUT2D eigenvalue weighted by Gasteiger charge is -2.18. The van der Waals surface area contributed by atoms with Crippen molar-refractivity contribution in [2.45, 2.75) is 12.2 Å². The summed E-state index contributed by atoms with van der Waals surface area (Å²) in [6, 6.07) is 3.19. The Bertz CT molecular complexity index is 443. The van der Waals surface area contributed by atoms with Gasteiger partial charge in [-0.2, -0.15) is 13.2 Å². The molecular formula is C12H12F3NO2. The minimum Gasteiger partial charge on any atom is -0.480 e. The highest BCUT2D eigenvalue weighted by Crippen LogP contribution is 2.34. The molecule has 0 saturated carbocycles. The average Bonchev–Trinajstić information content (AvgIpc) is 2.28. The van der Waals surface area contributed by atoms with Crippen LogP contribution in [0.25, 0.3) is 0 Å². The summed E-state index contributed by atoms with van der Waals surface area (Å²) in [6.07, 6.45) is -3.20. The number of hydrogen-bond acceptors (Lipinski definition) is 2. The topological polar surface area (TPSA) is 49.3 Å². The lowest BCUT2D eigenvalue weighted by atomic mass is 10.00. The van der Waals surface area contributed by atoms with Crippen molar-refractivity contribution >= 4 is 5.97 Å². The maximum atomic E-state index is 12.8. The lowest BCUT2D eigenvalue weighted by Crippen LogP contribution is -2.30. The third-order valence-corrected chi connectivity index (χ3v) is 2.29. The van der Waals surface area contributed by atoms with E-state index < -0.39 is 23.8 Å². The van der Waals surface area contributed by atoms with Crippen molar-refractivity contribution in [2.75, 3.05) is 6.54 Å². The monoisotopic (exact) mass is 259 g/mol. The number of benzene rings is 1. The lowest BCUT2D eigenvalue weighted by molar-refractivity contribution is -0.142. The fourth-order valence-corrected chi connectivity index (χ4v) is 1.54. The van der Waals surface area contributed by atoms with Gasteiger partial charge in [0.25, 0.3) is 0 Å². The highest BCUT2D eigenvalue weighted by atomic mass is 19.4. The summed E-state index contributed by atoms with van der Waals surface area (Å²) >= 11 is 0. The molecule has 0 aliphatic heterocycles. The first-order valence-corrected chi connectivity index (χ1v) is 5.11. The summed E-state index contributed by atoms with van der Waals surface area (Å²) in [6.45, 7) is 3.48. The Hall–Kier alpha value is -1.82. The molecule has 1 unspecified atom stereocenters. The zero-order chi connectivity index (χ0) is 13.8. The summed E-state index contributed by atoms with van der Waals surface area (Å²) in [5.74, 6) is -1.37. The number of nitrogens with one attached hydrogen (secondary N) is 1. The molecule has 0 spiro atoms. The van der Waals surface area contributed by atoms with Gasteiger partial charge in [0.2, 0.25) is 0 Å². The minimum atomic E-state index is -4.58. The largest absolute Gasteiger partial charge is 0.480 e. The predicted octanol–water partition coefficient (Wildman–Crippen LogP) is 2.61. The molecule has 0 bridgehead atoms. The van der Waals surface area contributed by atoms with Gasteiger partial charge in [0.15, 0.2) is 0 Å². The molecule has 0 aliphatic rings. The summed E-state index contributed by atoms with van der Waals surface area (Å²) in [5.41, 5.74) is -1.26. The van der Waals surface area contributed by atoms with Gasteiger partial charge in [-0.1, -0.05) is 24.3 Å². The van der Waals surface area contributed by atoms with E-state index in [4.69, 9.17) is 5.11 Å². The first-order chi connectivity index (χ1) is 8.38. The van der Waals surface area contributed by atoms with Crippen molar-refractivity contribution in [1.29, 1.82) is 0 Å². The molecule has 98 valence electrons. The molecule has 0 amide bonds. The summed E-state index contributed by atoms with van der Waals surface area (Å²) in [7, 11) is 0. The standard InChI is InChI=1S/C12H12F3NO2/c1-2-7-16-10(11(17)18)8-5-3-4-6-9(8)12(13,14)15/h2-6,10,16H,1,7H2,(H,17,18). The maximum Gasteiger partial charge on any atom is 0.416 e. The van der Waals surface area contributed by atoms with Gasteiger partial charge in [-0.3, -0.25) is 10.1 Å². The van der Waals surface area contributed by atoms with Crippen LogP contribution in [0.15, 0.2) is 36.9 Å². The van der Waals surface area contributed by atoms with E-state index >= 15 is 0 Å². The highest BCUT2D eigenvalue weighted by Gasteiger charge is 2.36. The molecule has 6 heteroatoms. The number of carboxylic acids is 1. The zero-order valence-corrected chi connectivity index (χ0v) is 9.37. The number of rotatable bonds is 5. The van der Waals surface area contributed by atoms with E-state index in [1.54, 1.807) is 0 Å². The second-order valence-electron chi connectivity index (χ2n) is 3.55. The van der Waals surface area contributed by atoms with E-state index in [0.717, 1.165) is 12.1 Å². The number of hydrogen-bond donors (Lipinski definition) is 2. The average molecular weight is 259 g/mol. The molecule has 0 aromatic heterocycles. The second-order valence-corrected chi connectivity index (χ2v) is 3.55. The van der Waals surface area contributed by atoms with E-state index in [2.05, 4.69) is 11.9 Å². The van der Waals surface area contributed by atoms with E-state index in [-0.39, 0.29) is 12.1 Å². The fraction of sp³-hybridized carbons (Fsp3) is 0.250. The normalized spacial score (nSPS) is 13.1. The van der Waals surface area contributed by atoms with Crippen LogP contribution >= 0.6 is 0 Å². The van der Waals surface area contributed by atoms with Gasteiger partial charge in [0.05, 0.1) is 5.56 Å². The van der Waals surface area contributed by atoms with E-state index in [0.29, 0.717) is 0 Å². The molecule has 3 nitrogen and oxygen atoms in total. The SMILES string of the molecule is C=CCNC(C(=O)O)c1ccccc1C(F)(F)F. The van der Waals surface area contributed by atoms with Crippen LogP contribution in [0.1, 0.15) is 17.2 Å². The first kappa shape index (κ1) is 14.2. The van der Waals surface area contributed by atoms with E-state index in [1.165, 1.54) is 18.2 Å². The molecule has 1 atom stereocenters. The molecule has 2 N–H and O–H groups in total.